The number of anilines is 1. The van der Waals surface area contributed by atoms with E-state index in [9.17, 15) is 23.3 Å². The molecular formula is C19H19N5O5S2. The molecule has 0 spiro atoms. The first-order chi connectivity index (χ1) is 14.5. The van der Waals surface area contributed by atoms with Crippen LogP contribution in [-0.2, 0) is 17.1 Å². The van der Waals surface area contributed by atoms with Gasteiger partial charge in [-0.25, -0.2) is 13.4 Å². The van der Waals surface area contributed by atoms with Crippen molar-refractivity contribution >= 4 is 39.1 Å². The Hall–Kier alpha value is -3.25. The third kappa shape index (κ3) is 4.59. The number of pyridine rings is 1. The predicted octanol–water partition coefficient (Wildman–Crippen LogP) is 3.10. The van der Waals surface area contributed by atoms with E-state index in [1.54, 1.807) is 45.3 Å². The van der Waals surface area contributed by atoms with Crippen molar-refractivity contribution in [3.63, 3.8) is 0 Å². The Balaban J connectivity index is 2.08. The van der Waals surface area contributed by atoms with E-state index in [1.165, 1.54) is 16.8 Å². The molecule has 3 aromatic rings. The van der Waals surface area contributed by atoms with Gasteiger partial charge in [-0.1, -0.05) is 17.8 Å². The Kier molecular flexibility index (Phi) is 6.13. The lowest BCUT2D eigenvalue weighted by molar-refractivity contribution is -0.387. The van der Waals surface area contributed by atoms with Crippen LogP contribution in [0.15, 0.2) is 52.5 Å². The zero-order valence-corrected chi connectivity index (χ0v) is 18.8. The molecule has 0 aliphatic carbocycles. The highest BCUT2D eigenvalue weighted by atomic mass is 32.2. The van der Waals surface area contributed by atoms with Crippen LogP contribution >= 0.6 is 11.8 Å². The van der Waals surface area contributed by atoms with Crippen LogP contribution in [-0.4, -0.2) is 40.3 Å². The van der Waals surface area contributed by atoms with Gasteiger partial charge < -0.3 is 0 Å². The number of aromatic nitrogens is 3. The molecule has 0 atom stereocenters. The van der Waals surface area contributed by atoms with Crippen molar-refractivity contribution in [2.75, 3.05) is 10.6 Å². The first kappa shape index (κ1) is 22.4. The summed E-state index contributed by atoms with van der Waals surface area (Å²) < 4.78 is 27.1. The number of aryl methyl sites for hydroxylation is 2. The van der Waals surface area contributed by atoms with Gasteiger partial charge in [0.05, 0.1) is 27.5 Å². The molecule has 2 aromatic heterocycles. The van der Waals surface area contributed by atoms with Crippen LogP contribution < -0.4 is 4.31 Å². The van der Waals surface area contributed by atoms with Gasteiger partial charge in [0, 0.05) is 24.9 Å². The number of hydrogen-bond donors (Lipinski definition) is 0. The van der Waals surface area contributed by atoms with E-state index in [4.69, 9.17) is 0 Å². The van der Waals surface area contributed by atoms with Crippen molar-refractivity contribution in [1.29, 1.82) is 0 Å². The van der Waals surface area contributed by atoms with Gasteiger partial charge in [0.15, 0.2) is 0 Å². The van der Waals surface area contributed by atoms with Gasteiger partial charge in [0.2, 0.25) is 10.0 Å². The molecule has 31 heavy (non-hydrogen) atoms. The van der Waals surface area contributed by atoms with E-state index in [-0.39, 0.29) is 21.8 Å². The van der Waals surface area contributed by atoms with Crippen LogP contribution in [0.3, 0.4) is 0 Å². The molecular weight excluding hydrogens is 442 g/mol. The van der Waals surface area contributed by atoms with Crippen molar-refractivity contribution < 1.29 is 18.1 Å². The summed E-state index contributed by atoms with van der Waals surface area (Å²) in [6.07, 6.45) is 2.46. The fourth-order valence-electron chi connectivity index (χ4n) is 2.99. The summed E-state index contributed by atoms with van der Waals surface area (Å²) in [7, 11) is -2.41. The van der Waals surface area contributed by atoms with Crippen molar-refractivity contribution in [2.24, 2.45) is 7.05 Å². The number of amides is 1. The lowest BCUT2D eigenvalue weighted by Crippen LogP contribution is -2.37. The molecule has 0 saturated heterocycles. The van der Waals surface area contributed by atoms with Crippen molar-refractivity contribution in [2.45, 2.75) is 23.8 Å². The topological polar surface area (TPSA) is 128 Å². The van der Waals surface area contributed by atoms with Gasteiger partial charge in [-0.3, -0.25) is 19.6 Å². The van der Waals surface area contributed by atoms with Crippen LogP contribution in [0.4, 0.5) is 11.4 Å². The molecule has 3 rings (SSSR count). The summed E-state index contributed by atoms with van der Waals surface area (Å²) in [4.78, 5) is 28.7. The Morgan fingerprint density at radius 1 is 1.23 bits per heavy atom. The number of benzene rings is 1. The van der Waals surface area contributed by atoms with Gasteiger partial charge in [0.25, 0.3) is 11.6 Å². The van der Waals surface area contributed by atoms with Gasteiger partial charge in [-0.2, -0.15) is 9.40 Å². The standard InChI is InChI=1S/C19H19N5O5S2/c1-12-18(13(2)22(3)21-12)23(31(4,28)29)19(25)14-8-9-16(15(11-14)24(26)27)30-17-7-5-6-10-20-17/h5-11H,1-4H3. The van der Waals surface area contributed by atoms with Gasteiger partial charge in [-0.05, 0) is 38.1 Å². The monoisotopic (exact) mass is 461 g/mol. The first-order valence-electron chi connectivity index (χ1n) is 8.93. The largest absolute Gasteiger partial charge is 0.284 e. The molecule has 0 radical (unpaired) electrons. The molecule has 0 unspecified atom stereocenters. The smallest absolute Gasteiger partial charge is 0.270 e. The SMILES string of the molecule is Cc1nn(C)c(C)c1N(C(=O)c1ccc(Sc2ccccn2)c([N+](=O)[O-])c1)S(C)(=O)=O. The zero-order valence-electron chi connectivity index (χ0n) is 17.1. The minimum Gasteiger partial charge on any atom is -0.270 e. The highest BCUT2D eigenvalue weighted by Gasteiger charge is 2.32. The molecule has 1 amide bonds. The molecule has 12 heteroatoms. The predicted molar refractivity (Wildman–Crippen MR) is 116 cm³/mol. The molecule has 0 aliphatic heterocycles. The number of carbonyl (C=O) groups is 1. The molecule has 0 aliphatic rings. The Bertz CT molecular complexity index is 1270. The molecule has 2 heterocycles. The second-order valence-corrected chi connectivity index (χ2v) is 9.58. The molecule has 0 bridgehead atoms. The summed E-state index contributed by atoms with van der Waals surface area (Å²) in [5, 5.41) is 16.4. The Morgan fingerprint density at radius 3 is 2.45 bits per heavy atom. The second-order valence-electron chi connectivity index (χ2n) is 6.69. The summed E-state index contributed by atoms with van der Waals surface area (Å²) in [5.41, 5.74) is 0.480. The van der Waals surface area contributed by atoms with Crippen molar-refractivity contribution in [3.8, 4) is 0 Å². The minimum atomic E-state index is -4.04. The first-order valence-corrected chi connectivity index (χ1v) is 11.6. The van der Waals surface area contributed by atoms with E-state index in [1.807, 2.05) is 0 Å². The van der Waals surface area contributed by atoms with E-state index in [0.717, 1.165) is 24.1 Å². The number of rotatable bonds is 6. The van der Waals surface area contributed by atoms with Gasteiger partial charge >= 0.3 is 0 Å². The third-order valence-electron chi connectivity index (χ3n) is 4.44. The Labute approximate surface area is 183 Å². The maximum atomic E-state index is 13.2. The molecule has 1 aromatic carbocycles. The van der Waals surface area contributed by atoms with Crippen LogP contribution in [0, 0.1) is 24.0 Å². The zero-order chi connectivity index (χ0) is 22.9. The number of nitro benzene ring substituents is 1. The van der Waals surface area contributed by atoms with Gasteiger partial charge in [-0.15, -0.1) is 0 Å². The van der Waals surface area contributed by atoms with Crippen LogP contribution in [0.1, 0.15) is 21.7 Å². The van der Waals surface area contributed by atoms with E-state index >= 15 is 0 Å². The van der Waals surface area contributed by atoms with Crippen molar-refractivity contribution in [3.05, 3.63) is 69.7 Å². The Morgan fingerprint density at radius 2 is 1.94 bits per heavy atom. The molecule has 0 N–H and O–H groups in total. The fraction of sp³-hybridized carbons (Fsp3) is 0.211. The van der Waals surface area contributed by atoms with Crippen LogP contribution in [0.25, 0.3) is 0 Å². The molecule has 0 saturated carbocycles. The molecule has 0 fully saturated rings. The highest BCUT2D eigenvalue weighted by Crippen LogP contribution is 2.35. The van der Waals surface area contributed by atoms with Crippen LogP contribution in [0.2, 0.25) is 0 Å². The quantitative estimate of drug-likeness (QED) is 0.405. The van der Waals surface area contributed by atoms with Crippen molar-refractivity contribution in [1.82, 2.24) is 14.8 Å². The molecule has 10 nitrogen and oxygen atoms in total. The minimum absolute atomic E-state index is 0.129. The average Bonchev–Trinajstić information content (AvgIpc) is 2.94. The number of nitro groups is 1. The number of hydrogen-bond acceptors (Lipinski definition) is 8. The van der Waals surface area contributed by atoms with Crippen LogP contribution in [0.5, 0.6) is 0 Å². The maximum Gasteiger partial charge on any atom is 0.284 e. The number of carbonyl (C=O) groups excluding carboxylic acids is 1. The maximum absolute atomic E-state index is 13.2. The summed E-state index contributed by atoms with van der Waals surface area (Å²) in [5.74, 6) is -0.904. The number of sulfonamides is 1. The lowest BCUT2D eigenvalue weighted by Gasteiger charge is -2.21. The van der Waals surface area contributed by atoms with E-state index in [0.29, 0.717) is 20.7 Å². The number of nitrogens with zero attached hydrogens (tertiary/aromatic N) is 5. The van der Waals surface area contributed by atoms with Gasteiger partial charge in [0.1, 0.15) is 10.7 Å². The second kappa shape index (κ2) is 8.47. The van der Waals surface area contributed by atoms with E-state index in [2.05, 4.69) is 10.1 Å². The highest BCUT2D eigenvalue weighted by molar-refractivity contribution is 7.99. The lowest BCUT2D eigenvalue weighted by atomic mass is 10.1. The fourth-order valence-corrected chi connectivity index (χ4v) is 4.85. The third-order valence-corrected chi connectivity index (χ3v) is 6.47. The summed E-state index contributed by atoms with van der Waals surface area (Å²) in [6.45, 7) is 3.22. The summed E-state index contributed by atoms with van der Waals surface area (Å²) in [6, 6.07) is 9.03. The normalized spacial score (nSPS) is 11.4. The molecule has 162 valence electrons. The average molecular weight is 462 g/mol. The van der Waals surface area contributed by atoms with E-state index < -0.39 is 20.9 Å². The summed E-state index contributed by atoms with van der Waals surface area (Å²) >= 11 is 1.07.